The van der Waals surface area contributed by atoms with E-state index in [1.54, 1.807) is 6.20 Å². The molecule has 2 nitrogen and oxygen atoms in total. The van der Waals surface area contributed by atoms with E-state index in [0.717, 1.165) is 12.1 Å². The lowest BCUT2D eigenvalue weighted by Crippen LogP contribution is -1.98. The predicted octanol–water partition coefficient (Wildman–Crippen LogP) is 2.73. The second kappa shape index (κ2) is 4.53. The molecule has 78 valence electrons. The molecule has 0 bridgehead atoms. The van der Waals surface area contributed by atoms with Crippen LogP contribution in [0.25, 0.3) is 5.69 Å². The summed E-state index contributed by atoms with van der Waals surface area (Å²) in [6.45, 7) is 2.10. The largest absolute Gasteiger partial charge is 0.241 e. The van der Waals surface area contributed by atoms with Gasteiger partial charge in [-0.05, 0) is 30.2 Å². The number of nitrogens with zero attached hydrogens (tertiary/aromatic N) is 2. The number of benzene rings is 1. The fraction of sp³-hybridized carbons (Fsp3) is 0.250. The van der Waals surface area contributed by atoms with E-state index >= 15 is 0 Å². The van der Waals surface area contributed by atoms with Crippen molar-refractivity contribution in [3.05, 3.63) is 48.3 Å². The summed E-state index contributed by atoms with van der Waals surface area (Å²) in [5.41, 5.74) is 2.41. The Balaban J connectivity index is 2.17. The van der Waals surface area contributed by atoms with Crippen LogP contribution in [0, 0.1) is 0 Å². The lowest BCUT2D eigenvalue weighted by molar-refractivity contribution is 0.876. The van der Waals surface area contributed by atoms with Crippen molar-refractivity contribution in [1.29, 1.82) is 0 Å². The Morgan fingerprint density at radius 2 is 2.07 bits per heavy atom. The fourth-order valence-corrected chi connectivity index (χ4v) is 1.76. The van der Waals surface area contributed by atoms with E-state index in [0.29, 0.717) is 5.25 Å². The first kappa shape index (κ1) is 10.3. The van der Waals surface area contributed by atoms with E-state index in [1.165, 1.54) is 5.56 Å². The summed E-state index contributed by atoms with van der Waals surface area (Å²) in [4.78, 5) is 0. The summed E-state index contributed by atoms with van der Waals surface area (Å²) < 4.78 is 1.86. The Hall–Kier alpha value is -1.22. The van der Waals surface area contributed by atoms with Crippen molar-refractivity contribution in [1.82, 2.24) is 9.78 Å². The first-order valence-electron chi connectivity index (χ1n) is 5.03. The zero-order valence-electron chi connectivity index (χ0n) is 8.67. The van der Waals surface area contributed by atoms with Crippen molar-refractivity contribution < 1.29 is 0 Å². The summed E-state index contributed by atoms with van der Waals surface area (Å²) >= 11 is 4.38. The Morgan fingerprint density at radius 3 is 2.60 bits per heavy atom. The van der Waals surface area contributed by atoms with Crippen molar-refractivity contribution in [3.63, 3.8) is 0 Å². The van der Waals surface area contributed by atoms with Crippen LogP contribution >= 0.6 is 12.6 Å². The van der Waals surface area contributed by atoms with Gasteiger partial charge in [-0.1, -0.05) is 19.1 Å². The lowest BCUT2D eigenvalue weighted by Gasteiger charge is -2.06. The molecule has 0 saturated carbocycles. The molecule has 0 aliphatic rings. The highest BCUT2D eigenvalue weighted by Crippen LogP contribution is 2.11. The maximum atomic E-state index is 4.38. The fourth-order valence-electron chi connectivity index (χ4n) is 1.55. The van der Waals surface area contributed by atoms with E-state index in [-0.39, 0.29) is 0 Å². The third-order valence-electron chi connectivity index (χ3n) is 2.24. The van der Waals surface area contributed by atoms with Crippen molar-refractivity contribution >= 4 is 12.6 Å². The Bertz CT molecular complexity index is 404. The van der Waals surface area contributed by atoms with Crippen molar-refractivity contribution in [2.75, 3.05) is 0 Å². The van der Waals surface area contributed by atoms with Crippen molar-refractivity contribution in [3.8, 4) is 5.69 Å². The highest BCUT2D eigenvalue weighted by atomic mass is 32.1. The molecular formula is C12H14N2S. The maximum Gasteiger partial charge on any atom is 0.0645 e. The second-order valence-corrected chi connectivity index (χ2v) is 4.55. The average Bonchev–Trinajstić information content (AvgIpc) is 2.71. The van der Waals surface area contributed by atoms with Crippen LogP contribution in [0.5, 0.6) is 0 Å². The summed E-state index contributed by atoms with van der Waals surface area (Å²) in [5.74, 6) is 0. The van der Waals surface area contributed by atoms with Gasteiger partial charge in [-0.2, -0.15) is 17.7 Å². The van der Waals surface area contributed by atoms with Crippen LogP contribution in [0.2, 0.25) is 0 Å². The molecule has 2 rings (SSSR count). The van der Waals surface area contributed by atoms with E-state index in [4.69, 9.17) is 0 Å². The van der Waals surface area contributed by atoms with Crippen LogP contribution in [-0.4, -0.2) is 15.0 Å². The normalized spacial score (nSPS) is 12.7. The van der Waals surface area contributed by atoms with Crippen LogP contribution in [-0.2, 0) is 6.42 Å². The molecular weight excluding hydrogens is 204 g/mol. The molecule has 1 aromatic heterocycles. The van der Waals surface area contributed by atoms with Crippen LogP contribution in [0.4, 0.5) is 0 Å². The van der Waals surface area contributed by atoms with Crippen molar-refractivity contribution in [2.45, 2.75) is 18.6 Å². The molecule has 0 radical (unpaired) electrons. The minimum Gasteiger partial charge on any atom is -0.241 e. The zero-order valence-corrected chi connectivity index (χ0v) is 9.56. The van der Waals surface area contributed by atoms with E-state index in [1.807, 2.05) is 16.9 Å². The number of hydrogen-bond donors (Lipinski definition) is 1. The molecule has 2 aromatic rings. The monoisotopic (exact) mass is 218 g/mol. The Morgan fingerprint density at radius 1 is 1.33 bits per heavy atom. The van der Waals surface area contributed by atoms with Gasteiger partial charge in [0.05, 0.1) is 5.69 Å². The van der Waals surface area contributed by atoms with Crippen LogP contribution in [0.1, 0.15) is 12.5 Å². The van der Waals surface area contributed by atoms with Gasteiger partial charge in [-0.15, -0.1) is 0 Å². The number of hydrogen-bond acceptors (Lipinski definition) is 2. The molecule has 0 fully saturated rings. The third-order valence-corrected chi connectivity index (χ3v) is 2.42. The van der Waals surface area contributed by atoms with Gasteiger partial charge in [0, 0.05) is 17.6 Å². The highest BCUT2D eigenvalue weighted by molar-refractivity contribution is 7.80. The van der Waals surface area contributed by atoms with E-state index < -0.39 is 0 Å². The summed E-state index contributed by atoms with van der Waals surface area (Å²) in [6, 6.07) is 10.3. The van der Waals surface area contributed by atoms with Gasteiger partial charge in [-0.25, -0.2) is 4.68 Å². The zero-order chi connectivity index (χ0) is 10.7. The molecule has 0 saturated heterocycles. The molecule has 0 spiro atoms. The summed E-state index contributed by atoms with van der Waals surface area (Å²) in [7, 11) is 0. The maximum absolute atomic E-state index is 4.38. The van der Waals surface area contributed by atoms with Gasteiger partial charge in [-0.3, -0.25) is 0 Å². The second-order valence-electron chi connectivity index (χ2n) is 3.67. The Kier molecular flexibility index (Phi) is 3.11. The molecule has 1 unspecified atom stereocenters. The van der Waals surface area contributed by atoms with Crippen LogP contribution in [0.15, 0.2) is 42.7 Å². The highest BCUT2D eigenvalue weighted by Gasteiger charge is 1.99. The molecule has 0 N–H and O–H groups in total. The van der Waals surface area contributed by atoms with Gasteiger partial charge < -0.3 is 0 Å². The van der Waals surface area contributed by atoms with E-state index in [9.17, 15) is 0 Å². The van der Waals surface area contributed by atoms with Gasteiger partial charge in [0.25, 0.3) is 0 Å². The number of rotatable bonds is 3. The van der Waals surface area contributed by atoms with Crippen molar-refractivity contribution in [2.24, 2.45) is 0 Å². The molecule has 3 heteroatoms. The third kappa shape index (κ3) is 2.63. The molecule has 0 aliphatic heterocycles. The topological polar surface area (TPSA) is 17.8 Å². The Labute approximate surface area is 95.3 Å². The number of thiol groups is 1. The first-order valence-corrected chi connectivity index (χ1v) is 5.54. The predicted molar refractivity (Wildman–Crippen MR) is 65.7 cm³/mol. The minimum atomic E-state index is 0.403. The molecule has 1 atom stereocenters. The summed E-state index contributed by atoms with van der Waals surface area (Å²) in [5, 5.41) is 4.58. The molecule has 1 heterocycles. The molecule has 0 aliphatic carbocycles. The summed E-state index contributed by atoms with van der Waals surface area (Å²) in [6.07, 6.45) is 4.72. The first-order chi connectivity index (χ1) is 7.25. The SMILES string of the molecule is CC(S)Cc1ccc(-n2cccn2)cc1. The van der Waals surface area contributed by atoms with Gasteiger partial charge in [0.15, 0.2) is 0 Å². The molecule has 1 aromatic carbocycles. The van der Waals surface area contributed by atoms with Crippen LogP contribution in [0.3, 0.4) is 0 Å². The molecule has 0 amide bonds. The van der Waals surface area contributed by atoms with Crippen LogP contribution < -0.4 is 0 Å². The van der Waals surface area contributed by atoms with E-state index in [2.05, 4.69) is 48.9 Å². The smallest absolute Gasteiger partial charge is 0.0645 e. The van der Waals surface area contributed by atoms with Gasteiger partial charge in [0.1, 0.15) is 0 Å². The quantitative estimate of drug-likeness (QED) is 0.784. The number of aromatic nitrogens is 2. The lowest BCUT2D eigenvalue weighted by atomic mass is 10.1. The van der Waals surface area contributed by atoms with Gasteiger partial charge >= 0.3 is 0 Å². The minimum absolute atomic E-state index is 0.403. The molecule has 15 heavy (non-hydrogen) atoms. The average molecular weight is 218 g/mol. The standard InChI is InChI=1S/C12H14N2S/c1-10(15)9-11-3-5-12(6-4-11)14-8-2-7-13-14/h2-8,10,15H,9H2,1H3. The van der Waals surface area contributed by atoms with Gasteiger partial charge in [0.2, 0.25) is 0 Å².